The van der Waals surface area contributed by atoms with Gasteiger partial charge in [-0.25, -0.2) is 4.98 Å². The fourth-order valence-electron chi connectivity index (χ4n) is 2.63. The van der Waals surface area contributed by atoms with Crippen LogP contribution in [-0.2, 0) is 4.74 Å². The van der Waals surface area contributed by atoms with Crippen molar-refractivity contribution in [3.63, 3.8) is 0 Å². The molecular weight excluding hydrogens is 242 g/mol. The number of para-hydroxylation sites is 1. The molecule has 0 amide bonds. The molecule has 5 nitrogen and oxygen atoms in total. The molecule has 0 bridgehead atoms. The average molecular weight is 259 g/mol. The first-order valence-corrected chi connectivity index (χ1v) is 6.54. The summed E-state index contributed by atoms with van der Waals surface area (Å²) in [6.07, 6.45) is 3.35. The molecule has 5 heteroatoms. The molecule has 1 aliphatic carbocycles. The van der Waals surface area contributed by atoms with Gasteiger partial charge in [0.15, 0.2) is 0 Å². The smallest absolute Gasteiger partial charge is 0.260 e. The van der Waals surface area contributed by atoms with E-state index in [4.69, 9.17) is 4.74 Å². The number of rotatable bonds is 3. The number of aromatic nitrogens is 2. The molecule has 2 N–H and O–H groups in total. The monoisotopic (exact) mass is 259 g/mol. The second kappa shape index (κ2) is 5.01. The fourth-order valence-corrected chi connectivity index (χ4v) is 2.63. The number of hydrogen-bond acceptors (Lipinski definition) is 4. The van der Waals surface area contributed by atoms with Crippen molar-refractivity contribution < 1.29 is 4.74 Å². The van der Waals surface area contributed by atoms with Gasteiger partial charge < -0.3 is 10.1 Å². The van der Waals surface area contributed by atoms with Crippen LogP contribution >= 0.6 is 0 Å². The third-order valence-corrected chi connectivity index (χ3v) is 3.67. The van der Waals surface area contributed by atoms with Gasteiger partial charge in [-0.3, -0.25) is 9.78 Å². The summed E-state index contributed by atoms with van der Waals surface area (Å²) in [7, 11) is 1.74. The van der Waals surface area contributed by atoms with Crippen LogP contribution in [0, 0.1) is 0 Å². The summed E-state index contributed by atoms with van der Waals surface area (Å²) < 4.78 is 5.34. The minimum atomic E-state index is -0.102. The van der Waals surface area contributed by atoms with E-state index >= 15 is 0 Å². The largest absolute Gasteiger partial charge is 0.381 e. The third kappa shape index (κ3) is 2.46. The average Bonchev–Trinajstić information content (AvgIpc) is 2.86. The standard InChI is InChI=1S/C14H17N3O2/c1-19-10-7-6-9(8-10)15-14-16-12-5-3-2-4-11(12)13(18)17-14/h2-5,9-10H,6-8H2,1H3,(H2,15,16,17,18). The minimum absolute atomic E-state index is 0.102. The van der Waals surface area contributed by atoms with E-state index in [0.717, 1.165) is 24.8 Å². The second-order valence-corrected chi connectivity index (χ2v) is 4.94. The molecule has 1 aliphatic rings. The van der Waals surface area contributed by atoms with E-state index in [0.29, 0.717) is 23.5 Å². The Morgan fingerprint density at radius 2 is 2.21 bits per heavy atom. The van der Waals surface area contributed by atoms with E-state index in [9.17, 15) is 4.79 Å². The molecule has 2 unspecified atom stereocenters. The Hall–Kier alpha value is -1.88. The molecule has 1 aromatic carbocycles. The summed E-state index contributed by atoms with van der Waals surface area (Å²) in [4.78, 5) is 19.2. The van der Waals surface area contributed by atoms with Crippen molar-refractivity contribution in [3.8, 4) is 0 Å². The lowest BCUT2D eigenvalue weighted by Crippen LogP contribution is -2.21. The number of aromatic amines is 1. The maximum Gasteiger partial charge on any atom is 0.260 e. The van der Waals surface area contributed by atoms with Crippen molar-refractivity contribution in [1.29, 1.82) is 0 Å². The van der Waals surface area contributed by atoms with Crippen molar-refractivity contribution in [1.82, 2.24) is 9.97 Å². The molecule has 1 fully saturated rings. The van der Waals surface area contributed by atoms with Crippen LogP contribution in [0.2, 0.25) is 0 Å². The molecule has 0 aliphatic heterocycles. The van der Waals surface area contributed by atoms with Crippen LogP contribution in [0.3, 0.4) is 0 Å². The van der Waals surface area contributed by atoms with Gasteiger partial charge in [0, 0.05) is 13.2 Å². The lowest BCUT2D eigenvalue weighted by atomic mass is 10.2. The highest BCUT2D eigenvalue weighted by Crippen LogP contribution is 2.23. The van der Waals surface area contributed by atoms with E-state index in [1.165, 1.54) is 0 Å². The summed E-state index contributed by atoms with van der Waals surface area (Å²) in [6.45, 7) is 0. The van der Waals surface area contributed by atoms with Crippen molar-refractivity contribution in [2.45, 2.75) is 31.4 Å². The van der Waals surface area contributed by atoms with Gasteiger partial charge in [-0.05, 0) is 31.4 Å². The molecule has 0 radical (unpaired) electrons. The highest BCUT2D eigenvalue weighted by Gasteiger charge is 2.24. The summed E-state index contributed by atoms with van der Waals surface area (Å²) in [5, 5.41) is 3.91. The number of nitrogens with one attached hydrogen (secondary N) is 2. The number of hydrogen-bond donors (Lipinski definition) is 2. The number of ether oxygens (including phenoxy) is 1. The lowest BCUT2D eigenvalue weighted by molar-refractivity contribution is 0.108. The summed E-state index contributed by atoms with van der Waals surface area (Å²) in [5.41, 5.74) is 0.615. The zero-order valence-electron chi connectivity index (χ0n) is 10.8. The van der Waals surface area contributed by atoms with Crippen LogP contribution in [0.1, 0.15) is 19.3 Å². The fraction of sp³-hybridized carbons (Fsp3) is 0.429. The van der Waals surface area contributed by atoms with Crippen molar-refractivity contribution >= 4 is 16.9 Å². The van der Waals surface area contributed by atoms with Gasteiger partial charge >= 0.3 is 0 Å². The lowest BCUT2D eigenvalue weighted by Gasteiger charge is -2.13. The Labute approximate surface area is 111 Å². The molecule has 2 aromatic rings. The molecule has 19 heavy (non-hydrogen) atoms. The number of nitrogens with zero attached hydrogens (tertiary/aromatic N) is 1. The second-order valence-electron chi connectivity index (χ2n) is 4.94. The minimum Gasteiger partial charge on any atom is -0.381 e. The van der Waals surface area contributed by atoms with E-state index in [2.05, 4.69) is 15.3 Å². The normalized spacial score (nSPS) is 22.8. The summed E-state index contributed by atoms with van der Waals surface area (Å²) >= 11 is 0. The van der Waals surface area contributed by atoms with Gasteiger partial charge in [0.2, 0.25) is 5.95 Å². The van der Waals surface area contributed by atoms with Crippen LogP contribution in [0.25, 0.3) is 10.9 Å². The zero-order chi connectivity index (χ0) is 13.2. The van der Waals surface area contributed by atoms with Crippen LogP contribution < -0.4 is 10.9 Å². The van der Waals surface area contributed by atoms with Crippen molar-refractivity contribution in [2.24, 2.45) is 0 Å². The predicted octanol–water partition coefficient (Wildman–Crippen LogP) is 1.90. The highest BCUT2D eigenvalue weighted by molar-refractivity contribution is 5.78. The molecule has 0 saturated heterocycles. The van der Waals surface area contributed by atoms with E-state index in [1.54, 1.807) is 13.2 Å². The molecule has 1 aromatic heterocycles. The number of methoxy groups -OCH3 is 1. The van der Waals surface area contributed by atoms with Crippen LogP contribution in [0.15, 0.2) is 29.1 Å². The first-order valence-electron chi connectivity index (χ1n) is 6.54. The number of benzene rings is 1. The Kier molecular flexibility index (Phi) is 3.21. The van der Waals surface area contributed by atoms with Gasteiger partial charge in [0.25, 0.3) is 5.56 Å². The van der Waals surface area contributed by atoms with Crippen LogP contribution in [-0.4, -0.2) is 29.2 Å². The molecule has 1 saturated carbocycles. The number of H-pyrrole nitrogens is 1. The molecule has 0 spiro atoms. The zero-order valence-corrected chi connectivity index (χ0v) is 10.8. The molecular formula is C14H17N3O2. The molecule has 3 rings (SSSR count). The quantitative estimate of drug-likeness (QED) is 0.883. The summed E-state index contributed by atoms with van der Waals surface area (Å²) in [6, 6.07) is 7.67. The van der Waals surface area contributed by atoms with E-state index in [-0.39, 0.29) is 5.56 Å². The maximum absolute atomic E-state index is 11.9. The highest BCUT2D eigenvalue weighted by atomic mass is 16.5. The maximum atomic E-state index is 11.9. The molecule has 2 atom stereocenters. The molecule has 1 heterocycles. The number of anilines is 1. The summed E-state index contributed by atoms with van der Waals surface area (Å²) in [5.74, 6) is 0.547. The third-order valence-electron chi connectivity index (χ3n) is 3.67. The Balaban J connectivity index is 1.84. The SMILES string of the molecule is COC1CCC(Nc2nc3ccccc3c(=O)[nH]2)C1. The van der Waals surface area contributed by atoms with Crippen LogP contribution in [0.5, 0.6) is 0 Å². The van der Waals surface area contributed by atoms with Crippen molar-refractivity contribution in [3.05, 3.63) is 34.6 Å². The Morgan fingerprint density at radius 1 is 1.37 bits per heavy atom. The van der Waals surface area contributed by atoms with Crippen molar-refractivity contribution in [2.75, 3.05) is 12.4 Å². The van der Waals surface area contributed by atoms with Gasteiger partial charge in [-0.15, -0.1) is 0 Å². The molecule has 100 valence electrons. The van der Waals surface area contributed by atoms with Gasteiger partial charge in [-0.2, -0.15) is 0 Å². The van der Waals surface area contributed by atoms with E-state index < -0.39 is 0 Å². The van der Waals surface area contributed by atoms with Gasteiger partial charge in [0.1, 0.15) is 0 Å². The number of fused-ring (bicyclic) bond motifs is 1. The predicted molar refractivity (Wildman–Crippen MR) is 74.4 cm³/mol. The van der Waals surface area contributed by atoms with Gasteiger partial charge in [-0.1, -0.05) is 12.1 Å². The Morgan fingerprint density at radius 3 is 3.00 bits per heavy atom. The van der Waals surface area contributed by atoms with Gasteiger partial charge in [0.05, 0.1) is 17.0 Å². The first kappa shape index (κ1) is 12.2. The van der Waals surface area contributed by atoms with Crippen LogP contribution in [0.4, 0.5) is 5.95 Å². The topological polar surface area (TPSA) is 67.0 Å². The first-order chi connectivity index (χ1) is 9.26. The Bertz CT molecular complexity index is 638. The van der Waals surface area contributed by atoms with E-state index in [1.807, 2.05) is 18.2 Å².